The summed E-state index contributed by atoms with van der Waals surface area (Å²) in [4.78, 5) is 0.111. The summed E-state index contributed by atoms with van der Waals surface area (Å²) in [5.41, 5.74) is 6.81. The van der Waals surface area contributed by atoms with Gasteiger partial charge in [-0.3, -0.25) is 4.72 Å². The Morgan fingerprint density at radius 3 is 2.55 bits per heavy atom. The molecule has 0 aliphatic heterocycles. The highest BCUT2D eigenvalue weighted by molar-refractivity contribution is 9.10. The lowest BCUT2D eigenvalue weighted by Crippen LogP contribution is -2.14. The molecule has 1 aromatic carbocycles. The van der Waals surface area contributed by atoms with E-state index in [0.29, 0.717) is 17.2 Å². The first-order chi connectivity index (χ1) is 9.33. The summed E-state index contributed by atoms with van der Waals surface area (Å²) in [6, 6.07) is 6.77. The Labute approximate surface area is 126 Å². The topological polar surface area (TPSA) is 85.3 Å². The number of nitrogens with one attached hydrogen (secondary N) is 1. The molecule has 0 bridgehead atoms. The van der Waals surface area contributed by atoms with E-state index in [1.807, 2.05) is 13.0 Å². The molecule has 0 aliphatic rings. The van der Waals surface area contributed by atoms with Crippen LogP contribution in [-0.2, 0) is 16.6 Å². The normalized spacial score (nSPS) is 11.6. The van der Waals surface area contributed by atoms with Crippen LogP contribution in [0.1, 0.15) is 17.1 Å². The first-order valence-electron chi connectivity index (χ1n) is 5.92. The Morgan fingerprint density at radius 2 is 2.00 bits per heavy atom. The molecule has 3 N–H and O–H groups in total. The molecule has 0 saturated carbocycles. The number of sulfonamides is 1. The summed E-state index contributed by atoms with van der Waals surface area (Å²) in [6.45, 7) is 3.59. The zero-order chi connectivity index (χ0) is 14.9. The van der Waals surface area contributed by atoms with Crippen LogP contribution >= 0.6 is 15.9 Å². The number of hydrogen-bond acceptors (Lipinski definition) is 4. The van der Waals surface area contributed by atoms with Crippen LogP contribution in [0.4, 0.5) is 5.69 Å². The lowest BCUT2D eigenvalue weighted by Gasteiger charge is -2.10. The first-order valence-corrected chi connectivity index (χ1v) is 8.19. The Balaban J connectivity index is 2.38. The molecule has 0 saturated heterocycles. The molecule has 7 heteroatoms. The van der Waals surface area contributed by atoms with Gasteiger partial charge in [-0.1, -0.05) is 15.9 Å². The number of rotatable bonds is 4. The second kappa shape index (κ2) is 5.59. The number of halogens is 1. The van der Waals surface area contributed by atoms with E-state index >= 15 is 0 Å². The summed E-state index contributed by atoms with van der Waals surface area (Å²) in [5, 5.41) is 0. The van der Waals surface area contributed by atoms with Gasteiger partial charge in [0.25, 0.3) is 10.0 Å². The van der Waals surface area contributed by atoms with E-state index in [2.05, 4.69) is 20.7 Å². The summed E-state index contributed by atoms with van der Waals surface area (Å²) < 4.78 is 33.5. The van der Waals surface area contributed by atoms with Gasteiger partial charge in [0.2, 0.25) is 0 Å². The predicted molar refractivity (Wildman–Crippen MR) is 81.0 cm³/mol. The second-order valence-electron chi connectivity index (χ2n) is 4.40. The largest absolute Gasteiger partial charge is 0.464 e. The van der Waals surface area contributed by atoms with Crippen LogP contribution in [-0.4, -0.2) is 8.42 Å². The molecule has 0 unspecified atom stereocenters. The maximum atomic E-state index is 12.4. The molecule has 108 valence electrons. The van der Waals surface area contributed by atoms with Crippen molar-refractivity contribution in [3.05, 3.63) is 45.8 Å². The number of aryl methyl sites for hydroxylation is 2. The molecule has 0 spiro atoms. The number of benzene rings is 1. The second-order valence-corrected chi connectivity index (χ2v) is 6.97. The highest BCUT2D eigenvalue weighted by Gasteiger charge is 2.21. The standard InChI is InChI=1S/C13H15BrN2O3S/c1-8-5-10(14)3-4-12(8)16-20(17,18)13-6-11(7-15)19-9(13)2/h3-6,16H,7,15H2,1-2H3. The van der Waals surface area contributed by atoms with Gasteiger partial charge in [-0.05, 0) is 37.6 Å². The molecular weight excluding hydrogens is 344 g/mol. The van der Waals surface area contributed by atoms with Crippen molar-refractivity contribution in [2.45, 2.75) is 25.3 Å². The third-order valence-electron chi connectivity index (χ3n) is 2.85. The van der Waals surface area contributed by atoms with Crippen molar-refractivity contribution in [1.29, 1.82) is 0 Å². The smallest absolute Gasteiger partial charge is 0.265 e. The molecule has 0 aliphatic carbocycles. The average molecular weight is 359 g/mol. The van der Waals surface area contributed by atoms with Crippen molar-refractivity contribution in [2.24, 2.45) is 5.73 Å². The minimum absolute atomic E-state index is 0.111. The van der Waals surface area contributed by atoms with Gasteiger partial charge in [0, 0.05) is 10.5 Å². The lowest BCUT2D eigenvalue weighted by atomic mass is 10.2. The van der Waals surface area contributed by atoms with Gasteiger partial charge in [-0.25, -0.2) is 8.42 Å². The minimum Gasteiger partial charge on any atom is -0.464 e. The molecule has 2 rings (SSSR count). The van der Waals surface area contributed by atoms with E-state index in [9.17, 15) is 8.42 Å². The van der Waals surface area contributed by atoms with Gasteiger partial charge < -0.3 is 10.2 Å². The maximum Gasteiger partial charge on any atom is 0.265 e. The van der Waals surface area contributed by atoms with Crippen molar-refractivity contribution in [3.8, 4) is 0 Å². The van der Waals surface area contributed by atoms with Crippen LogP contribution in [0.15, 0.2) is 38.1 Å². The molecule has 2 aromatic rings. The van der Waals surface area contributed by atoms with Gasteiger partial charge in [0.15, 0.2) is 0 Å². The van der Waals surface area contributed by atoms with Crippen molar-refractivity contribution in [3.63, 3.8) is 0 Å². The number of hydrogen-bond donors (Lipinski definition) is 2. The van der Waals surface area contributed by atoms with E-state index in [0.717, 1.165) is 10.0 Å². The van der Waals surface area contributed by atoms with Crippen LogP contribution < -0.4 is 10.5 Å². The SMILES string of the molecule is Cc1cc(Br)ccc1NS(=O)(=O)c1cc(CN)oc1C. The van der Waals surface area contributed by atoms with Crippen molar-refractivity contribution in [2.75, 3.05) is 4.72 Å². The summed E-state index contributed by atoms with van der Waals surface area (Å²) in [6.07, 6.45) is 0. The van der Waals surface area contributed by atoms with E-state index in [4.69, 9.17) is 10.2 Å². The lowest BCUT2D eigenvalue weighted by molar-refractivity contribution is 0.479. The molecule has 0 radical (unpaired) electrons. The Kier molecular flexibility index (Phi) is 4.22. The fourth-order valence-electron chi connectivity index (χ4n) is 1.83. The van der Waals surface area contributed by atoms with Crippen LogP contribution in [0.2, 0.25) is 0 Å². The molecule has 0 fully saturated rings. The van der Waals surface area contributed by atoms with Crippen molar-refractivity contribution in [1.82, 2.24) is 0 Å². The first kappa shape index (κ1) is 15.1. The maximum absolute atomic E-state index is 12.4. The summed E-state index contributed by atoms with van der Waals surface area (Å²) in [5.74, 6) is 0.767. The number of anilines is 1. The van der Waals surface area contributed by atoms with Crippen LogP contribution in [0.5, 0.6) is 0 Å². The summed E-state index contributed by atoms with van der Waals surface area (Å²) in [7, 11) is -3.68. The van der Waals surface area contributed by atoms with Gasteiger partial charge in [-0.15, -0.1) is 0 Å². The monoisotopic (exact) mass is 358 g/mol. The fraction of sp³-hybridized carbons (Fsp3) is 0.231. The zero-order valence-electron chi connectivity index (χ0n) is 11.1. The van der Waals surface area contributed by atoms with Gasteiger partial charge >= 0.3 is 0 Å². The molecule has 5 nitrogen and oxygen atoms in total. The van der Waals surface area contributed by atoms with Crippen LogP contribution in [0.3, 0.4) is 0 Å². The Hall–Kier alpha value is -1.31. The van der Waals surface area contributed by atoms with Gasteiger partial charge in [0.05, 0.1) is 12.2 Å². The molecule has 20 heavy (non-hydrogen) atoms. The molecule has 0 amide bonds. The zero-order valence-corrected chi connectivity index (χ0v) is 13.5. The van der Waals surface area contributed by atoms with Crippen LogP contribution in [0.25, 0.3) is 0 Å². The molecule has 0 atom stereocenters. The van der Waals surface area contributed by atoms with E-state index in [1.165, 1.54) is 6.07 Å². The Morgan fingerprint density at radius 1 is 1.30 bits per heavy atom. The minimum atomic E-state index is -3.68. The molecule has 1 aromatic heterocycles. The Bertz CT molecular complexity index is 738. The number of furan rings is 1. The van der Waals surface area contributed by atoms with E-state index < -0.39 is 10.0 Å². The highest BCUT2D eigenvalue weighted by atomic mass is 79.9. The quantitative estimate of drug-likeness (QED) is 0.879. The predicted octanol–water partition coefficient (Wildman–Crippen LogP) is 2.92. The fourth-order valence-corrected chi connectivity index (χ4v) is 3.64. The average Bonchev–Trinajstić information content (AvgIpc) is 2.75. The summed E-state index contributed by atoms with van der Waals surface area (Å²) >= 11 is 3.34. The van der Waals surface area contributed by atoms with Crippen LogP contribution in [0, 0.1) is 13.8 Å². The third kappa shape index (κ3) is 3.05. The third-order valence-corrected chi connectivity index (χ3v) is 4.81. The highest BCUT2D eigenvalue weighted by Crippen LogP contribution is 2.25. The van der Waals surface area contributed by atoms with Crippen molar-refractivity contribution >= 4 is 31.6 Å². The molecule has 1 heterocycles. The van der Waals surface area contributed by atoms with Gasteiger partial charge in [0.1, 0.15) is 16.4 Å². The van der Waals surface area contributed by atoms with Crippen molar-refractivity contribution < 1.29 is 12.8 Å². The van der Waals surface area contributed by atoms with Gasteiger partial charge in [-0.2, -0.15) is 0 Å². The van der Waals surface area contributed by atoms with E-state index in [1.54, 1.807) is 19.1 Å². The van der Waals surface area contributed by atoms with E-state index in [-0.39, 0.29) is 11.4 Å². The number of nitrogens with two attached hydrogens (primary N) is 1. The molecular formula is C13H15BrN2O3S.